The molecule has 3 fully saturated rings. The zero-order valence-electron chi connectivity index (χ0n) is 21.9. The highest BCUT2D eigenvalue weighted by molar-refractivity contribution is 5.79. The van der Waals surface area contributed by atoms with E-state index in [1.54, 1.807) is 0 Å². The summed E-state index contributed by atoms with van der Waals surface area (Å²) in [6, 6.07) is 0. The van der Waals surface area contributed by atoms with Crippen LogP contribution in [0.5, 0.6) is 0 Å². The summed E-state index contributed by atoms with van der Waals surface area (Å²) in [4.78, 5) is 12.7. The Kier molecular flexibility index (Phi) is 5.01. The van der Waals surface area contributed by atoms with Gasteiger partial charge in [-0.15, -0.1) is 0 Å². The first kappa shape index (κ1) is 23.6. The van der Waals surface area contributed by atoms with E-state index in [0.29, 0.717) is 23.7 Å². The van der Waals surface area contributed by atoms with Crippen molar-refractivity contribution in [1.29, 1.82) is 0 Å². The molecule has 5 aliphatic rings. The van der Waals surface area contributed by atoms with Gasteiger partial charge in [0.1, 0.15) is 0 Å². The highest BCUT2D eigenvalue weighted by Gasteiger charge is 2.69. The summed E-state index contributed by atoms with van der Waals surface area (Å²) in [6.07, 6.45) is 13.7. The molecule has 10 atom stereocenters. The van der Waals surface area contributed by atoms with E-state index in [2.05, 4.69) is 66.7 Å². The van der Waals surface area contributed by atoms with Gasteiger partial charge in [0.15, 0.2) is 0 Å². The van der Waals surface area contributed by atoms with Crippen LogP contribution in [0, 0.1) is 56.7 Å². The summed E-state index contributed by atoms with van der Waals surface area (Å²) in [5.74, 6) is 1.35. The second-order valence-corrected chi connectivity index (χ2v) is 14.1. The van der Waals surface area contributed by atoms with Gasteiger partial charge in [0.25, 0.3) is 0 Å². The molecule has 0 amide bonds. The molecule has 3 saturated carbocycles. The maximum atomic E-state index is 12.7. The van der Waals surface area contributed by atoms with Crippen molar-refractivity contribution in [3.05, 3.63) is 23.8 Å². The molecule has 0 spiro atoms. The Labute approximate surface area is 201 Å². The fourth-order valence-corrected chi connectivity index (χ4v) is 10.4. The number of fused-ring (bicyclic) bond motifs is 7. The predicted octanol–water partition coefficient (Wildman–Crippen LogP) is 6.87. The Morgan fingerprint density at radius 1 is 0.970 bits per heavy atom. The van der Waals surface area contributed by atoms with Crippen LogP contribution < -0.4 is 0 Å². The van der Waals surface area contributed by atoms with Crippen molar-refractivity contribution in [2.75, 3.05) is 0 Å². The van der Waals surface area contributed by atoms with Crippen LogP contribution >= 0.6 is 0 Å². The fraction of sp³-hybridized carbons (Fsp3) is 0.833. The monoisotopic (exact) mass is 454 g/mol. The molecular weight excluding hydrogens is 408 g/mol. The third-order valence-electron chi connectivity index (χ3n) is 12.9. The Morgan fingerprint density at radius 2 is 1.67 bits per heavy atom. The largest absolute Gasteiger partial charge is 0.481 e. The van der Waals surface area contributed by atoms with Crippen molar-refractivity contribution in [3.63, 3.8) is 0 Å². The molecule has 0 aromatic rings. The summed E-state index contributed by atoms with van der Waals surface area (Å²) < 4.78 is 0. The van der Waals surface area contributed by atoms with Crippen molar-refractivity contribution >= 4 is 5.97 Å². The summed E-state index contributed by atoms with van der Waals surface area (Å²) >= 11 is 0. The van der Waals surface area contributed by atoms with Gasteiger partial charge in [-0.25, -0.2) is 0 Å². The van der Waals surface area contributed by atoms with E-state index in [0.717, 1.165) is 32.1 Å². The number of aliphatic hydroxyl groups is 1. The van der Waals surface area contributed by atoms with E-state index in [9.17, 15) is 15.0 Å². The summed E-state index contributed by atoms with van der Waals surface area (Å²) in [6.45, 7) is 16.7. The van der Waals surface area contributed by atoms with Crippen LogP contribution in [-0.4, -0.2) is 22.3 Å². The normalized spacial score (nSPS) is 54.8. The Balaban J connectivity index is 1.62. The van der Waals surface area contributed by atoms with Crippen molar-refractivity contribution < 1.29 is 15.0 Å². The lowest BCUT2D eigenvalue weighted by Gasteiger charge is -2.71. The van der Waals surface area contributed by atoms with Crippen molar-refractivity contribution in [2.24, 2.45) is 56.7 Å². The van der Waals surface area contributed by atoms with Gasteiger partial charge >= 0.3 is 5.97 Å². The number of carboxylic acid groups (broad SMARTS) is 1. The minimum absolute atomic E-state index is 0.0393. The lowest BCUT2D eigenvalue weighted by Crippen LogP contribution is -2.65. The zero-order valence-corrected chi connectivity index (χ0v) is 21.9. The number of allylic oxidation sites excluding steroid dienone is 3. The average Bonchev–Trinajstić information content (AvgIpc) is 2.74. The SMILES string of the molecule is CC1C=CC2(C(=O)O)CCC3(C)C(=CCC4C5(C)CCC(O)C(C)(C)C5CCC43C)C2C1C. The van der Waals surface area contributed by atoms with E-state index in [1.807, 2.05) is 0 Å². The standard InChI is InChI=1S/C30H46O3/c1-18-10-15-30(25(32)33)17-16-28(6)20(24(30)19(18)2)8-9-22-27(5)13-12-23(31)26(3,4)21(27)11-14-29(22,28)7/h8,10,15,18-19,21-24,31H,9,11-14,16-17H2,1-7H3,(H,32,33). The van der Waals surface area contributed by atoms with Crippen LogP contribution in [-0.2, 0) is 4.79 Å². The first-order chi connectivity index (χ1) is 15.3. The third-order valence-corrected chi connectivity index (χ3v) is 12.9. The van der Waals surface area contributed by atoms with E-state index in [1.165, 1.54) is 18.4 Å². The minimum atomic E-state index is -0.738. The van der Waals surface area contributed by atoms with E-state index in [-0.39, 0.29) is 33.7 Å². The summed E-state index contributed by atoms with van der Waals surface area (Å²) in [7, 11) is 0. The highest BCUT2D eigenvalue weighted by Crippen LogP contribution is 2.75. The fourth-order valence-electron chi connectivity index (χ4n) is 10.4. The van der Waals surface area contributed by atoms with Gasteiger partial charge in [-0.1, -0.05) is 72.3 Å². The van der Waals surface area contributed by atoms with Gasteiger partial charge in [0, 0.05) is 5.92 Å². The van der Waals surface area contributed by atoms with Gasteiger partial charge < -0.3 is 10.2 Å². The molecule has 5 rings (SSSR count). The Bertz CT molecular complexity index is 916. The van der Waals surface area contributed by atoms with E-state index < -0.39 is 11.4 Å². The van der Waals surface area contributed by atoms with Crippen LogP contribution in [0.2, 0.25) is 0 Å². The van der Waals surface area contributed by atoms with Crippen molar-refractivity contribution in [1.82, 2.24) is 0 Å². The number of hydrogen-bond acceptors (Lipinski definition) is 2. The molecule has 33 heavy (non-hydrogen) atoms. The number of carboxylic acids is 1. The van der Waals surface area contributed by atoms with E-state index in [4.69, 9.17) is 0 Å². The summed E-state index contributed by atoms with van der Waals surface area (Å²) in [5, 5.41) is 21.4. The van der Waals surface area contributed by atoms with Crippen LogP contribution in [0.25, 0.3) is 0 Å². The molecule has 5 aliphatic carbocycles. The predicted molar refractivity (Wildman–Crippen MR) is 133 cm³/mol. The number of aliphatic hydroxyl groups excluding tert-OH is 1. The second-order valence-electron chi connectivity index (χ2n) is 14.1. The molecule has 0 bridgehead atoms. The van der Waals surface area contributed by atoms with Gasteiger partial charge in [-0.05, 0) is 90.3 Å². The molecule has 0 radical (unpaired) electrons. The van der Waals surface area contributed by atoms with E-state index >= 15 is 0 Å². The topological polar surface area (TPSA) is 57.5 Å². The van der Waals surface area contributed by atoms with Crippen molar-refractivity contribution in [3.8, 4) is 0 Å². The van der Waals surface area contributed by atoms with Crippen molar-refractivity contribution in [2.45, 2.75) is 99.5 Å². The molecule has 0 saturated heterocycles. The first-order valence-electron chi connectivity index (χ1n) is 13.6. The molecule has 0 aromatic carbocycles. The van der Waals surface area contributed by atoms with Crippen LogP contribution in [0.4, 0.5) is 0 Å². The number of hydrogen-bond donors (Lipinski definition) is 2. The lowest BCUT2D eigenvalue weighted by atomic mass is 9.33. The molecule has 3 nitrogen and oxygen atoms in total. The second kappa shape index (κ2) is 6.99. The van der Waals surface area contributed by atoms with Gasteiger partial charge in [-0.2, -0.15) is 0 Å². The number of aliphatic carboxylic acids is 1. The molecule has 0 aromatic heterocycles. The molecule has 0 aliphatic heterocycles. The summed E-state index contributed by atoms with van der Waals surface area (Å²) in [5.41, 5.74) is 1.15. The number of rotatable bonds is 1. The molecule has 184 valence electrons. The van der Waals surface area contributed by atoms with Crippen LogP contribution in [0.3, 0.4) is 0 Å². The maximum Gasteiger partial charge on any atom is 0.314 e. The quantitative estimate of drug-likeness (QED) is 0.425. The molecule has 10 unspecified atom stereocenters. The Morgan fingerprint density at radius 3 is 2.33 bits per heavy atom. The number of carbonyl (C=O) groups is 1. The Hall–Kier alpha value is -1.09. The highest BCUT2D eigenvalue weighted by atomic mass is 16.4. The minimum Gasteiger partial charge on any atom is -0.481 e. The molecule has 3 heteroatoms. The average molecular weight is 455 g/mol. The van der Waals surface area contributed by atoms with Crippen LogP contribution in [0.1, 0.15) is 93.4 Å². The van der Waals surface area contributed by atoms with Gasteiger partial charge in [0.2, 0.25) is 0 Å². The lowest BCUT2D eigenvalue weighted by molar-refractivity contribution is -0.203. The zero-order chi connectivity index (χ0) is 24.2. The maximum absolute atomic E-state index is 12.7. The molecular formula is C30H46O3. The smallest absolute Gasteiger partial charge is 0.314 e. The van der Waals surface area contributed by atoms with Gasteiger partial charge in [-0.3, -0.25) is 4.79 Å². The third kappa shape index (κ3) is 2.69. The first-order valence-corrected chi connectivity index (χ1v) is 13.6. The van der Waals surface area contributed by atoms with Crippen LogP contribution in [0.15, 0.2) is 23.8 Å². The van der Waals surface area contributed by atoms with Gasteiger partial charge in [0.05, 0.1) is 11.5 Å². The molecule has 0 heterocycles. The molecule has 2 N–H and O–H groups in total.